The predicted octanol–water partition coefficient (Wildman–Crippen LogP) is 5.33. The van der Waals surface area contributed by atoms with Crippen LogP contribution in [0.25, 0.3) is 0 Å². The fourth-order valence-corrected chi connectivity index (χ4v) is 5.66. The molecule has 3 aromatic carbocycles. The zero-order valence-electron chi connectivity index (χ0n) is 22.0. The Morgan fingerprint density at radius 2 is 1.51 bits per heavy atom. The number of aromatic carboxylic acids is 1. The van der Waals surface area contributed by atoms with Gasteiger partial charge in [-0.1, -0.05) is 36.4 Å². The number of carboxylic acid groups (broad SMARTS) is 1. The number of ether oxygens (including phenoxy) is 3. The Hall–Kier alpha value is -4.59. The molecule has 0 saturated carbocycles. The van der Waals surface area contributed by atoms with Crippen LogP contribution < -0.4 is 19.1 Å². The summed E-state index contributed by atoms with van der Waals surface area (Å²) in [5.74, 6) is -0.711. The van der Waals surface area contributed by atoms with Crippen LogP contribution in [-0.2, 0) is 9.59 Å². The summed E-state index contributed by atoms with van der Waals surface area (Å²) in [6.45, 7) is 0. The number of carbonyl (C=O) groups is 3. The van der Waals surface area contributed by atoms with Gasteiger partial charge in [-0.05, 0) is 53.8 Å². The van der Waals surface area contributed by atoms with Gasteiger partial charge in [-0.15, -0.1) is 0 Å². The van der Waals surface area contributed by atoms with Crippen LogP contribution in [0.15, 0.2) is 78.0 Å². The molecule has 39 heavy (non-hydrogen) atoms. The molecule has 0 fully saturated rings. The van der Waals surface area contributed by atoms with E-state index < -0.39 is 11.9 Å². The molecule has 8 heteroatoms. The van der Waals surface area contributed by atoms with Crippen molar-refractivity contribution in [3.05, 3.63) is 94.7 Å². The minimum absolute atomic E-state index is 0.0243. The van der Waals surface area contributed by atoms with Crippen molar-refractivity contribution in [3.63, 3.8) is 0 Å². The zero-order valence-corrected chi connectivity index (χ0v) is 22.0. The van der Waals surface area contributed by atoms with Gasteiger partial charge in [0.1, 0.15) is 0 Å². The Morgan fingerprint density at radius 3 is 2.13 bits per heavy atom. The summed E-state index contributed by atoms with van der Waals surface area (Å²) in [5, 5.41) is 9.57. The first-order chi connectivity index (χ1) is 18.9. The van der Waals surface area contributed by atoms with E-state index in [2.05, 4.69) is 0 Å². The maximum absolute atomic E-state index is 13.9. The number of hydrogen-bond acceptors (Lipinski definition) is 6. The summed E-state index contributed by atoms with van der Waals surface area (Å²) in [5.41, 5.74) is 3.36. The van der Waals surface area contributed by atoms with Crippen LogP contribution in [0, 0.1) is 0 Å². The van der Waals surface area contributed by atoms with Crippen LogP contribution in [0.5, 0.6) is 17.2 Å². The summed E-state index contributed by atoms with van der Waals surface area (Å²) in [4.78, 5) is 41.0. The normalized spacial score (nSPS) is 19.0. The van der Waals surface area contributed by atoms with Crippen LogP contribution in [0.4, 0.5) is 5.69 Å². The third-order valence-electron chi connectivity index (χ3n) is 7.44. The molecule has 1 heterocycles. The first-order valence-electron chi connectivity index (χ1n) is 12.6. The Kier molecular flexibility index (Phi) is 7.11. The predicted molar refractivity (Wildman–Crippen MR) is 145 cm³/mol. The SMILES string of the molecule is COc1cc(C2CC(=O)N(c3cccc(C(=O)O)c3)C3=C2C(=O)CC(c2ccccc2)C3)cc(OC)c1OC. The highest BCUT2D eigenvalue weighted by molar-refractivity contribution is 6.08. The summed E-state index contributed by atoms with van der Waals surface area (Å²) in [6.07, 6.45) is 0.784. The molecule has 2 aliphatic rings. The van der Waals surface area contributed by atoms with Gasteiger partial charge in [0.25, 0.3) is 0 Å². The van der Waals surface area contributed by atoms with Crippen LogP contribution in [-0.4, -0.2) is 44.1 Å². The molecule has 1 aliphatic heterocycles. The fraction of sp³-hybridized carbons (Fsp3) is 0.258. The van der Waals surface area contributed by atoms with Crippen molar-refractivity contribution in [3.8, 4) is 17.2 Å². The molecule has 0 saturated heterocycles. The van der Waals surface area contributed by atoms with E-state index in [1.54, 1.807) is 24.3 Å². The minimum atomic E-state index is -1.09. The van der Waals surface area contributed by atoms with Crippen LogP contribution in [0.2, 0.25) is 0 Å². The zero-order chi connectivity index (χ0) is 27.7. The van der Waals surface area contributed by atoms with E-state index in [1.807, 2.05) is 30.3 Å². The molecular formula is C31H29NO7. The highest BCUT2D eigenvalue weighted by Gasteiger charge is 2.43. The van der Waals surface area contributed by atoms with Crippen molar-refractivity contribution in [2.45, 2.75) is 31.1 Å². The molecular weight excluding hydrogens is 498 g/mol. The Morgan fingerprint density at radius 1 is 0.821 bits per heavy atom. The topological polar surface area (TPSA) is 102 Å². The van der Waals surface area contributed by atoms with Gasteiger partial charge >= 0.3 is 5.97 Å². The van der Waals surface area contributed by atoms with Gasteiger partial charge in [0.15, 0.2) is 17.3 Å². The molecule has 0 spiro atoms. The van der Waals surface area contributed by atoms with Crippen LogP contribution >= 0.6 is 0 Å². The summed E-state index contributed by atoms with van der Waals surface area (Å²) < 4.78 is 16.6. The highest BCUT2D eigenvalue weighted by atomic mass is 16.5. The Bertz CT molecular complexity index is 1450. The molecule has 0 radical (unpaired) electrons. The molecule has 3 aromatic rings. The maximum Gasteiger partial charge on any atom is 0.335 e. The number of ketones is 1. The number of amides is 1. The van der Waals surface area contributed by atoms with Gasteiger partial charge in [-0.2, -0.15) is 0 Å². The van der Waals surface area contributed by atoms with Gasteiger partial charge in [0.05, 0.1) is 26.9 Å². The number of Topliss-reactive ketones (excluding diaryl/α,β-unsaturated/α-hetero) is 1. The molecule has 2 unspecified atom stereocenters. The Labute approximate surface area is 226 Å². The molecule has 8 nitrogen and oxygen atoms in total. The molecule has 5 rings (SSSR count). The van der Waals surface area contributed by atoms with Crippen molar-refractivity contribution < 1.29 is 33.7 Å². The van der Waals surface area contributed by atoms with E-state index in [0.29, 0.717) is 52.6 Å². The minimum Gasteiger partial charge on any atom is -0.493 e. The molecule has 0 bridgehead atoms. The van der Waals surface area contributed by atoms with E-state index in [9.17, 15) is 19.5 Å². The fourth-order valence-electron chi connectivity index (χ4n) is 5.66. The third kappa shape index (κ3) is 4.74. The number of hydrogen-bond donors (Lipinski definition) is 1. The lowest BCUT2D eigenvalue weighted by Gasteiger charge is -2.40. The van der Waals surface area contributed by atoms with Crippen molar-refractivity contribution in [2.24, 2.45) is 0 Å². The smallest absolute Gasteiger partial charge is 0.335 e. The summed E-state index contributed by atoms with van der Waals surface area (Å²) >= 11 is 0. The van der Waals surface area contributed by atoms with Gasteiger partial charge < -0.3 is 19.3 Å². The second kappa shape index (κ2) is 10.6. The van der Waals surface area contributed by atoms with Gasteiger partial charge in [-0.3, -0.25) is 14.5 Å². The van der Waals surface area contributed by atoms with Gasteiger partial charge in [0.2, 0.25) is 11.7 Å². The van der Waals surface area contributed by atoms with Crippen LogP contribution in [0.1, 0.15) is 52.6 Å². The van der Waals surface area contributed by atoms with E-state index in [1.165, 1.54) is 38.4 Å². The first kappa shape index (κ1) is 26.0. The quantitative estimate of drug-likeness (QED) is 0.443. The number of rotatable bonds is 7. The van der Waals surface area contributed by atoms with Crippen LogP contribution in [0.3, 0.4) is 0 Å². The number of methoxy groups -OCH3 is 3. The first-order valence-corrected chi connectivity index (χ1v) is 12.6. The van der Waals surface area contributed by atoms with Crippen molar-refractivity contribution in [1.29, 1.82) is 0 Å². The number of anilines is 1. The average Bonchev–Trinajstić information content (AvgIpc) is 2.96. The Balaban J connectivity index is 1.69. The third-order valence-corrected chi connectivity index (χ3v) is 7.44. The number of carboxylic acids is 1. The monoisotopic (exact) mass is 527 g/mol. The number of carbonyl (C=O) groups excluding carboxylic acids is 2. The second-order valence-corrected chi connectivity index (χ2v) is 9.60. The number of allylic oxidation sites excluding steroid dienone is 2. The van der Waals surface area contributed by atoms with Crippen molar-refractivity contribution >= 4 is 23.3 Å². The lowest BCUT2D eigenvalue weighted by molar-refractivity contribution is -0.120. The summed E-state index contributed by atoms with van der Waals surface area (Å²) in [6, 6.07) is 19.6. The number of nitrogens with zero attached hydrogens (tertiary/aromatic N) is 1. The van der Waals surface area contributed by atoms with Gasteiger partial charge in [-0.25, -0.2) is 4.79 Å². The lowest BCUT2D eigenvalue weighted by atomic mass is 9.72. The molecule has 1 aliphatic carbocycles. The molecule has 2 atom stereocenters. The average molecular weight is 528 g/mol. The standard InChI is InChI=1S/C31H29NO7/c1-37-26-15-21(16-27(38-2)30(26)39-3)23-17-28(34)32(22-11-7-10-19(12-22)31(35)36)24-13-20(14-25(33)29(23)24)18-8-5-4-6-9-18/h4-12,15-16,20,23H,13-14,17H2,1-3H3,(H,35,36). The van der Waals surface area contributed by atoms with Crippen molar-refractivity contribution in [1.82, 2.24) is 0 Å². The maximum atomic E-state index is 13.9. The summed E-state index contributed by atoms with van der Waals surface area (Å²) in [7, 11) is 4.55. The van der Waals surface area contributed by atoms with E-state index in [0.717, 1.165) is 5.56 Å². The highest BCUT2D eigenvalue weighted by Crippen LogP contribution is 2.49. The number of benzene rings is 3. The second-order valence-electron chi connectivity index (χ2n) is 9.60. The molecule has 200 valence electrons. The van der Waals surface area contributed by atoms with E-state index >= 15 is 0 Å². The lowest BCUT2D eigenvalue weighted by Crippen LogP contribution is -2.42. The van der Waals surface area contributed by atoms with Crippen molar-refractivity contribution in [2.75, 3.05) is 26.2 Å². The largest absolute Gasteiger partial charge is 0.493 e. The van der Waals surface area contributed by atoms with E-state index in [4.69, 9.17) is 14.2 Å². The molecule has 0 aromatic heterocycles. The molecule has 1 amide bonds. The molecule has 1 N–H and O–H groups in total. The van der Waals surface area contributed by atoms with Gasteiger partial charge in [0, 0.05) is 35.7 Å². The van der Waals surface area contributed by atoms with E-state index in [-0.39, 0.29) is 29.6 Å².